The predicted octanol–water partition coefficient (Wildman–Crippen LogP) is 4.25. The molecule has 0 spiro atoms. The van der Waals surface area contributed by atoms with Crippen molar-refractivity contribution in [2.24, 2.45) is 7.05 Å². The Morgan fingerprint density at radius 2 is 1.92 bits per heavy atom. The smallest absolute Gasteiger partial charge is 0.361 e. The van der Waals surface area contributed by atoms with Crippen LogP contribution in [0.15, 0.2) is 28.8 Å². The lowest BCUT2D eigenvalue weighted by Gasteiger charge is -2.00. The van der Waals surface area contributed by atoms with Crippen molar-refractivity contribution in [2.45, 2.75) is 20.0 Å². The molecule has 9 heteroatoms. The number of rotatable bonds is 2. The summed E-state index contributed by atoms with van der Waals surface area (Å²) in [6, 6.07) is 6.26. The number of halogens is 3. The molecule has 26 heavy (non-hydrogen) atoms. The molecular formula is C17H14F3N5O. The molecule has 4 heterocycles. The lowest BCUT2D eigenvalue weighted by atomic mass is 10.1. The van der Waals surface area contributed by atoms with Gasteiger partial charge >= 0.3 is 6.18 Å². The molecule has 0 aliphatic carbocycles. The summed E-state index contributed by atoms with van der Waals surface area (Å²) in [5, 5.41) is 7.46. The number of nitrogens with zero attached hydrogens (tertiary/aromatic N) is 4. The van der Waals surface area contributed by atoms with Gasteiger partial charge in [-0.25, -0.2) is 4.98 Å². The van der Waals surface area contributed by atoms with Gasteiger partial charge in [-0.05, 0) is 38.1 Å². The highest BCUT2D eigenvalue weighted by atomic mass is 19.4. The van der Waals surface area contributed by atoms with E-state index in [1.165, 1.54) is 11.7 Å². The Bertz CT molecular complexity index is 1100. The van der Waals surface area contributed by atoms with Gasteiger partial charge in [0.15, 0.2) is 5.69 Å². The monoisotopic (exact) mass is 361 g/mol. The van der Waals surface area contributed by atoms with Gasteiger partial charge in [-0.3, -0.25) is 4.68 Å². The number of hydrogen-bond donors (Lipinski definition) is 1. The van der Waals surface area contributed by atoms with Crippen molar-refractivity contribution >= 4 is 11.0 Å². The van der Waals surface area contributed by atoms with Crippen LogP contribution in [0.1, 0.15) is 17.1 Å². The Kier molecular flexibility index (Phi) is 3.43. The number of alkyl halides is 3. The first-order valence-corrected chi connectivity index (χ1v) is 7.78. The van der Waals surface area contributed by atoms with Crippen LogP contribution in [-0.4, -0.2) is 24.9 Å². The van der Waals surface area contributed by atoms with Crippen LogP contribution in [0.5, 0.6) is 0 Å². The molecular weight excluding hydrogens is 347 g/mol. The maximum atomic E-state index is 12.9. The van der Waals surface area contributed by atoms with Crippen LogP contribution in [0.25, 0.3) is 33.7 Å². The van der Waals surface area contributed by atoms with Crippen molar-refractivity contribution in [3.8, 4) is 22.6 Å². The molecule has 0 saturated heterocycles. The number of nitrogens with one attached hydrogen (secondary N) is 1. The van der Waals surface area contributed by atoms with Gasteiger partial charge < -0.3 is 9.51 Å². The lowest BCUT2D eigenvalue weighted by Crippen LogP contribution is -2.06. The normalized spacial score (nSPS) is 12.2. The molecule has 4 aromatic heterocycles. The zero-order valence-corrected chi connectivity index (χ0v) is 14.1. The number of pyridine rings is 1. The summed E-state index contributed by atoms with van der Waals surface area (Å²) in [5.74, 6) is 0.677. The van der Waals surface area contributed by atoms with Gasteiger partial charge in [-0.2, -0.15) is 18.3 Å². The molecule has 0 fully saturated rings. The molecule has 0 amide bonds. The Hall–Kier alpha value is -3.10. The second kappa shape index (κ2) is 5.45. The molecule has 4 aromatic rings. The Labute approximate surface area is 145 Å². The molecule has 0 bridgehead atoms. The average molecular weight is 361 g/mol. The van der Waals surface area contributed by atoms with Crippen molar-refractivity contribution in [1.82, 2.24) is 24.9 Å². The van der Waals surface area contributed by atoms with Crippen LogP contribution >= 0.6 is 0 Å². The van der Waals surface area contributed by atoms with Gasteiger partial charge in [0, 0.05) is 7.05 Å². The maximum Gasteiger partial charge on any atom is 0.435 e. The van der Waals surface area contributed by atoms with Crippen molar-refractivity contribution in [3.05, 3.63) is 41.4 Å². The first kappa shape index (κ1) is 16.4. The number of H-pyrrole nitrogens is 1. The number of aromatic nitrogens is 5. The highest BCUT2D eigenvalue weighted by molar-refractivity contribution is 5.85. The average Bonchev–Trinajstić information content (AvgIpc) is 3.23. The minimum atomic E-state index is -4.50. The van der Waals surface area contributed by atoms with Crippen molar-refractivity contribution < 1.29 is 17.7 Å². The van der Waals surface area contributed by atoms with Gasteiger partial charge in [0.1, 0.15) is 5.76 Å². The number of aromatic amines is 1. The van der Waals surface area contributed by atoms with Crippen LogP contribution in [0.3, 0.4) is 0 Å². The number of aryl methyl sites for hydroxylation is 3. The van der Waals surface area contributed by atoms with Crippen molar-refractivity contribution in [1.29, 1.82) is 0 Å². The molecule has 134 valence electrons. The third-order valence-corrected chi connectivity index (χ3v) is 4.21. The first-order valence-electron chi connectivity index (χ1n) is 7.78. The Balaban J connectivity index is 1.81. The van der Waals surface area contributed by atoms with E-state index >= 15 is 0 Å². The van der Waals surface area contributed by atoms with Gasteiger partial charge in [0.25, 0.3) is 0 Å². The van der Waals surface area contributed by atoms with Crippen LogP contribution in [0.2, 0.25) is 0 Å². The van der Waals surface area contributed by atoms with E-state index in [1.807, 2.05) is 19.9 Å². The van der Waals surface area contributed by atoms with Crippen LogP contribution in [0, 0.1) is 13.8 Å². The predicted molar refractivity (Wildman–Crippen MR) is 88.3 cm³/mol. The third kappa shape index (κ3) is 2.56. The SMILES string of the molecule is Cc1noc(C)c1-c1cc2nc(-c3cc(C(F)(F)F)nn3C)ccc2[nH]1. The van der Waals surface area contributed by atoms with Crippen LogP contribution in [0.4, 0.5) is 13.2 Å². The summed E-state index contributed by atoms with van der Waals surface area (Å²) in [6.07, 6.45) is -4.50. The largest absolute Gasteiger partial charge is 0.435 e. The van der Waals surface area contributed by atoms with Gasteiger partial charge in [-0.1, -0.05) is 5.16 Å². The molecule has 0 aliphatic heterocycles. The second-order valence-corrected chi connectivity index (χ2v) is 6.05. The molecule has 4 rings (SSSR count). The van der Waals surface area contributed by atoms with Crippen molar-refractivity contribution in [2.75, 3.05) is 0 Å². The van der Waals surface area contributed by atoms with Crippen molar-refractivity contribution in [3.63, 3.8) is 0 Å². The maximum absolute atomic E-state index is 12.9. The van der Waals surface area contributed by atoms with Gasteiger partial charge in [-0.15, -0.1) is 0 Å². The molecule has 0 unspecified atom stereocenters. The zero-order valence-electron chi connectivity index (χ0n) is 14.1. The third-order valence-electron chi connectivity index (χ3n) is 4.21. The summed E-state index contributed by atoms with van der Waals surface area (Å²) in [7, 11) is 1.46. The fourth-order valence-corrected chi connectivity index (χ4v) is 3.00. The quantitative estimate of drug-likeness (QED) is 0.579. The summed E-state index contributed by atoms with van der Waals surface area (Å²) in [5.41, 5.74) is 3.55. The van der Waals surface area contributed by atoms with Crippen LogP contribution < -0.4 is 0 Å². The summed E-state index contributed by atoms with van der Waals surface area (Å²) < 4.78 is 45.0. The van der Waals surface area contributed by atoms with E-state index in [1.54, 1.807) is 12.1 Å². The molecule has 6 nitrogen and oxygen atoms in total. The minimum Gasteiger partial charge on any atom is -0.361 e. The summed E-state index contributed by atoms with van der Waals surface area (Å²) in [4.78, 5) is 7.72. The van der Waals surface area contributed by atoms with E-state index in [4.69, 9.17) is 4.52 Å². The minimum absolute atomic E-state index is 0.291. The molecule has 0 saturated carbocycles. The van der Waals surface area contributed by atoms with Crippen LogP contribution in [-0.2, 0) is 13.2 Å². The molecule has 0 aromatic carbocycles. The van der Waals surface area contributed by atoms with E-state index in [-0.39, 0.29) is 0 Å². The molecule has 0 atom stereocenters. The molecule has 1 N–H and O–H groups in total. The molecule has 0 aliphatic rings. The Morgan fingerprint density at radius 3 is 2.54 bits per heavy atom. The van der Waals surface area contributed by atoms with Gasteiger partial charge in [0.05, 0.1) is 39.4 Å². The number of fused-ring (bicyclic) bond motifs is 1. The standard InChI is InChI=1S/C17H14F3N5O/c1-8-16(9(2)26-24-8)13-6-12-10(21-13)4-5-11(22-12)14-7-15(17(18,19)20)23-25(14)3/h4-7,21H,1-3H3. The number of hydrogen-bond acceptors (Lipinski definition) is 4. The Morgan fingerprint density at radius 1 is 1.15 bits per heavy atom. The highest BCUT2D eigenvalue weighted by Gasteiger charge is 2.34. The first-order chi connectivity index (χ1) is 12.2. The van der Waals surface area contributed by atoms with E-state index in [0.717, 1.165) is 28.5 Å². The highest BCUT2D eigenvalue weighted by Crippen LogP contribution is 2.32. The topological polar surface area (TPSA) is 72.5 Å². The molecule has 0 radical (unpaired) electrons. The fourth-order valence-electron chi connectivity index (χ4n) is 3.00. The lowest BCUT2D eigenvalue weighted by molar-refractivity contribution is -0.141. The van der Waals surface area contributed by atoms with E-state index < -0.39 is 11.9 Å². The second-order valence-electron chi connectivity index (χ2n) is 6.05. The zero-order chi connectivity index (χ0) is 18.6. The van der Waals surface area contributed by atoms with E-state index in [2.05, 4.69) is 20.2 Å². The van der Waals surface area contributed by atoms with E-state index in [0.29, 0.717) is 22.7 Å². The van der Waals surface area contributed by atoms with Gasteiger partial charge in [0.2, 0.25) is 0 Å². The summed E-state index contributed by atoms with van der Waals surface area (Å²) in [6.45, 7) is 3.65. The van der Waals surface area contributed by atoms with E-state index in [9.17, 15) is 13.2 Å². The summed E-state index contributed by atoms with van der Waals surface area (Å²) >= 11 is 0. The fraction of sp³-hybridized carbons (Fsp3) is 0.235.